The highest BCUT2D eigenvalue weighted by Crippen LogP contribution is 2.22. The average Bonchev–Trinajstić information content (AvgIpc) is 2.62. The van der Waals surface area contributed by atoms with E-state index in [0.29, 0.717) is 5.92 Å². The van der Waals surface area contributed by atoms with Crippen LogP contribution in [0.5, 0.6) is 0 Å². The first-order chi connectivity index (χ1) is 7.16. The van der Waals surface area contributed by atoms with Gasteiger partial charge in [0.2, 0.25) is 0 Å². The molecule has 1 aromatic carbocycles. The van der Waals surface area contributed by atoms with Gasteiger partial charge in [-0.3, -0.25) is 0 Å². The van der Waals surface area contributed by atoms with Crippen LogP contribution in [-0.2, 0) is 0 Å². The summed E-state index contributed by atoms with van der Waals surface area (Å²) < 4.78 is 0. The van der Waals surface area contributed by atoms with Crippen LogP contribution in [0.1, 0.15) is 31.9 Å². The molecule has 0 radical (unpaired) electrons. The van der Waals surface area contributed by atoms with Gasteiger partial charge in [-0.1, -0.05) is 26.0 Å². The number of aromatic amines is 1. The number of rotatable bonds is 3. The molecule has 3 N–H and O–H groups in total. The van der Waals surface area contributed by atoms with Crippen LogP contribution >= 0.6 is 0 Å². The second-order valence-electron chi connectivity index (χ2n) is 4.56. The van der Waals surface area contributed by atoms with E-state index in [1.54, 1.807) is 0 Å². The predicted molar refractivity (Wildman–Crippen MR) is 64.7 cm³/mol. The Kier molecular flexibility index (Phi) is 2.78. The Morgan fingerprint density at radius 3 is 2.80 bits per heavy atom. The van der Waals surface area contributed by atoms with Gasteiger partial charge in [-0.25, -0.2) is 0 Å². The van der Waals surface area contributed by atoms with Gasteiger partial charge in [-0.05, 0) is 35.4 Å². The number of hydrogen-bond donors (Lipinski definition) is 2. The van der Waals surface area contributed by atoms with E-state index >= 15 is 0 Å². The first kappa shape index (κ1) is 10.2. The summed E-state index contributed by atoms with van der Waals surface area (Å²) in [6, 6.07) is 8.64. The molecule has 0 saturated carbocycles. The summed E-state index contributed by atoms with van der Waals surface area (Å²) in [5.74, 6) is 0.638. The van der Waals surface area contributed by atoms with Crippen molar-refractivity contribution < 1.29 is 0 Å². The largest absolute Gasteiger partial charge is 0.361 e. The summed E-state index contributed by atoms with van der Waals surface area (Å²) in [4.78, 5) is 3.21. The Hall–Kier alpha value is -1.28. The molecule has 0 aliphatic rings. The minimum absolute atomic E-state index is 0.151. The fraction of sp³-hybridized carbons (Fsp3) is 0.385. The second-order valence-corrected chi connectivity index (χ2v) is 4.56. The molecule has 0 saturated heterocycles. The molecule has 0 spiro atoms. The number of nitrogens with two attached hydrogens (primary N) is 1. The first-order valence-corrected chi connectivity index (χ1v) is 5.49. The van der Waals surface area contributed by atoms with Crippen LogP contribution < -0.4 is 5.73 Å². The third-order valence-corrected chi connectivity index (χ3v) is 2.73. The third-order valence-electron chi connectivity index (χ3n) is 2.73. The van der Waals surface area contributed by atoms with E-state index in [2.05, 4.69) is 43.1 Å². The van der Waals surface area contributed by atoms with Crippen molar-refractivity contribution in [1.29, 1.82) is 0 Å². The molecule has 2 rings (SSSR count). The van der Waals surface area contributed by atoms with E-state index < -0.39 is 0 Å². The van der Waals surface area contributed by atoms with Crippen molar-refractivity contribution in [1.82, 2.24) is 4.98 Å². The van der Waals surface area contributed by atoms with Crippen LogP contribution in [0.25, 0.3) is 10.9 Å². The third kappa shape index (κ3) is 2.21. The molecule has 0 amide bonds. The fourth-order valence-electron chi connectivity index (χ4n) is 1.94. The summed E-state index contributed by atoms with van der Waals surface area (Å²) in [5, 5.41) is 1.25. The second kappa shape index (κ2) is 4.07. The van der Waals surface area contributed by atoms with Gasteiger partial charge in [0.05, 0.1) is 0 Å². The Bertz CT molecular complexity index is 442. The molecule has 2 heteroatoms. The minimum atomic E-state index is 0.151. The van der Waals surface area contributed by atoms with E-state index in [4.69, 9.17) is 5.73 Å². The number of fused-ring (bicyclic) bond motifs is 1. The zero-order chi connectivity index (χ0) is 10.8. The van der Waals surface area contributed by atoms with Gasteiger partial charge in [-0.2, -0.15) is 0 Å². The van der Waals surface area contributed by atoms with Gasteiger partial charge >= 0.3 is 0 Å². The Balaban J connectivity index is 2.27. The summed E-state index contributed by atoms with van der Waals surface area (Å²) in [6.07, 6.45) is 2.99. The molecule has 15 heavy (non-hydrogen) atoms. The minimum Gasteiger partial charge on any atom is -0.361 e. The SMILES string of the molecule is CC(C)C[C@H](N)c1ccc2cc[nH]c2c1. The van der Waals surface area contributed by atoms with E-state index in [-0.39, 0.29) is 6.04 Å². The van der Waals surface area contributed by atoms with Gasteiger partial charge in [0.15, 0.2) is 0 Å². The Morgan fingerprint density at radius 2 is 2.07 bits per heavy atom. The van der Waals surface area contributed by atoms with Crippen molar-refractivity contribution in [2.45, 2.75) is 26.3 Å². The van der Waals surface area contributed by atoms with Crippen molar-refractivity contribution in [2.24, 2.45) is 11.7 Å². The lowest BCUT2D eigenvalue weighted by atomic mass is 9.97. The van der Waals surface area contributed by atoms with Crippen LogP contribution in [0, 0.1) is 5.92 Å². The number of aromatic nitrogens is 1. The number of H-pyrrole nitrogens is 1. The van der Waals surface area contributed by atoms with Crippen LogP contribution in [-0.4, -0.2) is 4.98 Å². The van der Waals surface area contributed by atoms with E-state index in [0.717, 1.165) is 6.42 Å². The molecule has 0 bridgehead atoms. The lowest BCUT2D eigenvalue weighted by Gasteiger charge is -2.14. The predicted octanol–water partition coefficient (Wildman–Crippen LogP) is 3.21. The highest BCUT2D eigenvalue weighted by molar-refractivity contribution is 5.79. The molecule has 0 aliphatic carbocycles. The van der Waals surface area contributed by atoms with Crippen molar-refractivity contribution in [3.8, 4) is 0 Å². The number of nitrogens with one attached hydrogen (secondary N) is 1. The van der Waals surface area contributed by atoms with Crippen LogP contribution in [0.3, 0.4) is 0 Å². The summed E-state index contributed by atoms with van der Waals surface area (Å²) in [5.41, 5.74) is 8.54. The Morgan fingerprint density at radius 1 is 1.27 bits per heavy atom. The van der Waals surface area contributed by atoms with Crippen LogP contribution in [0.4, 0.5) is 0 Å². The van der Waals surface area contributed by atoms with E-state index in [9.17, 15) is 0 Å². The molecule has 1 atom stereocenters. The topological polar surface area (TPSA) is 41.8 Å². The number of hydrogen-bond acceptors (Lipinski definition) is 1. The highest BCUT2D eigenvalue weighted by Gasteiger charge is 2.08. The standard InChI is InChI=1S/C13H18N2/c1-9(2)7-12(14)11-4-3-10-5-6-15-13(10)8-11/h3-6,8-9,12,15H,7,14H2,1-2H3/t12-/m0/s1. The van der Waals surface area contributed by atoms with Gasteiger partial charge < -0.3 is 10.7 Å². The molecular weight excluding hydrogens is 184 g/mol. The summed E-state index contributed by atoms with van der Waals surface area (Å²) >= 11 is 0. The molecule has 2 nitrogen and oxygen atoms in total. The molecule has 0 unspecified atom stereocenters. The molecular formula is C13H18N2. The zero-order valence-electron chi connectivity index (χ0n) is 9.33. The monoisotopic (exact) mass is 202 g/mol. The van der Waals surface area contributed by atoms with Crippen molar-refractivity contribution in [3.63, 3.8) is 0 Å². The maximum absolute atomic E-state index is 6.14. The quantitative estimate of drug-likeness (QED) is 0.788. The zero-order valence-corrected chi connectivity index (χ0v) is 9.33. The van der Waals surface area contributed by atoms with Gasteiger partial charge in [0.1, 0.15) is 0 Å². The lowest BCUT2D eigenvalue weighted by Crippen LogP contribution is -2.12. The average molecular weight is 202 g/mol. The lowest BCUT2D eigenvalue weighted by molar-refractivity contribution is 0.510. The summed E-state index contributed by atoms with van der Waals surface area (Å²) in [7, 11) is 0. The van der Waals surface area contributed by atoms with E-state index in [1.807, 2.05) is 6.20 Å². The normalized spacial score (nSPS) is 13.6. The first-order valence-electron chi connectivity index (χ1n) is 5.49. The molecule has 1 aromatic heterocycles. The molecule has 80 valence electrons. The molecule has 0 aliphatic heterocycles. The maximum atomic E-state index is 6.14. The van der Waals surface area contributed by atoms with Crippen molar-refractivity contribution in [3.05, 3.63) is 36.0 Å². The van der Waals surface area contributed by atoms with Gasteiger partial charge in [0.25, 0.3) is 0 Å². The molecule has 1 heterocycles. The fourth-order valence-corrected chi connectivity index (χ4v) is 1.94. The molecule has 0 fully saturated rings. The van der Waals surface area contributed by atoms with Gasteiger partial charge in [-0.15, -0.1) is 0 Å². The Labute approximate surface area is 90.5 Å². The number of benzene rings is 1. The van der Waals surface area contributed by atoms with E-state index in [1.165, 1.54) is 16.5 Å². The maximum Gasteiger partial charge on any atom is 0.0457 e. The molecule has 2 aromatic rings. The van der Waals surface area contributed by atoms with Crippen molar-refractivity contribution in [2.75, 3.05) is 0 Å². The van der Waals surface area contributed by atoms with Gasteiger partial charge in [0, 0.05) is 17.8 Å². The van der Waals surface area contributed by atoms with Crippen LogP contribution in [0.15, 0.2) is 30.5 Å². The van der Waals surface area contributed by atoms with Crippen LogP contribution in [0.2, 0.25) is 0 Å². The summed E-state index contributed by atoms with van der Waals surface area (Å²) in [6.45, 7) is 4.40. The highest BCUT2D eigenvalue weighted by atomic mass is 14.7. The smallest absolute Gasteiger partial charge is 0.0457 e. The van der Waals surface area contributed by atoms with Crippen molar-refractivity contribution >= 4 is 10.9 Å².